The quantitative estimate of drug-likeness (QED) is 0.607. The van der Waals surface area contributed by atoms with Crippen molar-refractivity contribution < 1.29 is 9.53 Å². The van der Waals surface area contributed by atoms with Crippen LogP contribution in [0.2, 0.25) is 12.1 Å². The Kier molecular flexibility index (Phi) is 3.53. The predicted molar refractivity (Wildman–Crippen MR) is 56.5 cm³/mol. The summed E-state index contributed by atoms with van der Waals surface area (Å²) in [4.78, 5) is 11.6. The molecule has 0 N–H and O–H groups in total. The second-order valence-electron chi connectivity index (χ2n) is 4.67. The number of ether oxygens (including phenoxy) is 1. The van der Waals surface area contributed by atoms with Gasteiger partial charge in [0.05, 0.1) is 0 Å². The molecule has 1 aliphatic rings. The van der Waals surface area contributed by atoms with Gasteiger partial charge in [-0.25, -0.2) is 0 Å². The van der Waals surface area contributed by atoms with Crippen molar-refractivity contribution in [3.8, 4) is 0 Å². The maximum atomic E-state index is 11.6. The molecule has 75 valence electrons. The molecule has 1 fully saturated rings. The molecule has 1 heterocycles. The summed E-state index contributed by atoms with van der Waals surface area (Å²) in [6, 6.07) is 2.21. The van der Waals surface area contributed by atoms with Crippen molar-refractivity contribution in [1.82, 2.24) is 0 Å². The molecule has 0 saturated carbocycles. The SMILES string of the molecule is CC(C)(C)OC(=O)[SiH]1CC[CH]CC1. The highest BCUT2D eigenvalue weighted by molar-refractivity contribution is 6.88. The molecule has 0 atom stereocenters. The van der Waals surface area contributed by atoms with Gasteiger partial charge in [0.25, 0.3) is 5.59 Å². The van der Waals surface area contributed by atoms with Crippen molar-refractivity contribution in [2.24, 2.45) is 0 Å². The maximum Gasteiger partial charge on any atom is 0.268 e. The molecule has 3 heteroatoms. The van der Waals surface area contributed by atoms with Crippen molar-refractivity contribution in [3.05, 3.63) is 6.42 Å². The van der Waals surface area contributed by atoms with E-state index in [2.05, 4.69) is 6.42 Å². The summed E-state index contributed by atoms with van der Waals surface area (Å²) in [5, 5.41) is 0. The molecule has 0 spiro atoms. The monoisotopic (exact) mass is 199 g/mol. The summed E-state index contributed by atoms with van der Waals surface area (Å²) < 4.78 is 5.39. The molecular formula is C10H19O2Si. The lowest BCUT2D eigenvalue weighted by Gasteiger charge is -2.25. The highest BCUT2D eigenvalue weighted by Gasteiger charge is 2.27. The fourth-order valence-corrected chi connectivity index (χ4v) is 4.10. The van der Waals surface area contributed by atoms with E-state index in [1.165, 1.54) is 0 Å². The minimum absolute atomic E-state index is 0.126. The van der Waals surface area contributed by atoms with Crippen molar-refractivity contribution in [1.29, 1.82) is 0 Å². The minimum Gasteiger partial charge on any atom is -0.465 e. The summed E-state index contributed by atoms with van der Waals surface area (Å²) in [5.41, 5.74) is -0.175. The molecule has 0 amide bonds. The number of hydrogen-bond acceptors (Lipinski definition) is 2. The van der Waals surface area contributed by atoms with Crippen LogP contribution in [0.25, 0.3) is 0 Å². The van der Waals surface area contributed by atoms with Crippen molar-refractivity contribution >= 4 is 14.4 Å². The molecule has 1 radical (unpaired) electrons. The molecule has 2 nitrogen and oxygen atoms in total. The van der Waals surface area contributed by atoms with Crippen molar-refractivity contribution in [2.45, 2.75) is 51.3 Å². The normalized spacial score (nSPS) is 19.9. The van der Waals surface area contributed by atoms with Gasteiger partial charge in [-0.1, -0.05) is 12.8 Å². The first-order valence-corrected chi connectivity index (χ1v) is 7.24. The average Bonchev–Trinajstić information content (AvgIpc) is 2.03. The first-order valence-electron chi connectivity index (χ1n) is 5.03. The van der Waals surface area contributed by atoms with E-state index in [1.54, 1.807) is 0 Å². The predicted octanol–water partition coefficient (Wildman–Crippen LogP) is 2.73. The zero-order valence-corrected chi connectivity index (χ0v) is 9.95. The van der Waals surface area contributed by atoms with Crippen LogP contribution in [0.3, 0.4) is 0 Å². The van der Waals surface area contributed by atoms with Crippen LogP contribution in [0, 0.1) is 6.42 Å². The summed E-state index contributed by atoms with van der Waals surface area (Å²) >= 11 is 0. The highest BCUT2D eigenvalue weighted by Crippen LogP contribution is 2.21. The molecule has 0 aromatic rings. The Balaban J connectivity index is 2.38. The molecule has 0 bridgehead atoms. The van der Waals surface area contributed by atoms with Crippen LogP contribution in [0.4, 0.5) is 4.79 Å². The average molecular weight is 199 g/mol. The van der Waals surface area contributed by atoms with E-state index in [0.29, 0.717) is 0 Å². The Bertz CT molecular complexity index is 178. The lowest BCUT2D eigenvalue weighted by atomic mass is 10.2. The third-order valence-corrected chi connectivity index (χ3v) is 5.02. The van der Waals surface area contributed by atoms with E-state index in [9.17, 15) is 4.79 Å². The van der Waals surface area contributed by atoms with Crippen LogP contribution in [-0.2, 0) is 4.74 Å². The fraction of sp³-hybridized carbons (Fsp3) is 0.800. The topological polar surface area (TPSA) is 26.3 Å². The molecule has 13 heavy (non-hydrogen) atoms. The van der Waals surface area contributed by atoms with Gasteiger partial charge in [-0.05, 0) is 39.3 Å². The Hall–Kier alpha value is -0.313. The van der Waals surface area contributed by atoms with Crippen LogP contribution in [-0.4, -0.2) is 20.0 Å². The summed E-state index contributed by atoms with van der Waals surface area (Å²) in [6.07, 6.45) is 4.53. The van der Waals surface area contributed by atoms with Gasteiger partial charge in [0, 0.05) is 0 Å². The van der Waals surface area contributed by atoms with E-state index >= 15 is 0 Å². The largest absolute Gasteiger partial charge is 0.465 e. The second kappa shape index (κ2) is 4.27. The van der Waals surface area contributed by atoms with Crippen molar-refractivity contribution in [3.63, 3.8) is 0 Å². The van der Waals surface area contributed by atoms with E-state index < -0.39 is 8.80 Å². The van der Waals surface area contributed by atoms with Gasteiger partial charge in [0.2, 0.25) is 0 Å². The Morgan fingerprint density at radius 2 is 1.85 bits per heavy atom. The van der Waals surface area contributed by atoms with Gasteiger partial charge in [0.1, 0.15) is 5.60 Å². The summed E-state index contributed by atoms with van der Waals surface area (Å²) in [6.45, 7) is 5.82. The van der Waals surface area contributed by atoms with E-state index in [0.717, 1.165) is 24.9 Å². The molecule has 1 saturated heterocycles. The van der Waals surface area contributed by atoms with Crippen LogP contribution >= 0.6 is 0 Å². The lowest BCUT2D eigenvalue weighted by molar-refractivity contribution is 0.0708. The molecular weight excluding hydrogens is 180 g/mol. The smallest absolute Gasteiger partial charge is 0.268 e. The van der Waals surface area contributed by atoms with Gasteiger partial charge in [-0.15, -0.1) is 0 Å². The molecule has 0 aromatic carbocycles. The van der Waals surface area contributed by atoms with Gasteiger partial charge in [-0.2, -0.15) is 0 Å². The molecule has 0 aliphatic carbocycles. The zero-order chi connectivity index (χ0) is 9.90. The number of hydrogen-bond donors (Lipinski definition) is 0. The first kappa shape index (κ1) is 10.8. The van der Waals surface area contributed by atoms with Gasteiger partial charge < -0.3 is 4.74 Å². The minimum atomic E-state index is -1.21. The van der Waals surface area contributed by atoms with E-state index in [1.807, 2.05) is 20.8 Å². The first-order chi connectivity index (χ1) is 5.99. The number of carbonyl (C=O) groups excluding carboxylic acids is 1. The van der Waals surface area contributed by atoms with Gasteiger partial charge >= 0.3 is 0 Å². The van der Waals surface area contributed by atoms with E-state index in [-0.39, 0.29) is 11.2 Å². The Morgan fingerprint density at radius 1 is 1.31 bits per heavy atom. The third-order valence-electron chi connectivity index (χ3n) is 2.18. The van der Waals surface area contributed by atoms with E-state index in [4.69, 9.17) is 4.74 Å². The summed E-state index contributed by atoms with van der Waals surface area (Å²) in [7, 11) is -1.21. The maximum absolute atomic E-state index is 11.6. The summed E-state index contributed by atoms with van der Waals surface area (Å²) in [5.74, 6) is 0. The molecule has 1 aliphatic heterocycles. The van der Waals surface area contributed by atoms with Crippen LogP contribution < -0.4 is 0 Å². The fourth-order valence-electron chi connectivity index (χ4n) is 1.55. The zero-order valence-electron chi connectivity index (χ0n) is 8.80. The van der Waals surface area contributed by atoms with Crippen LogP contribution in [0.1, 0.15) is 33.6 Å². The lowest BCUT2D eigenvalue weighted by Crippen LogP contribution is -2.34. The molecule has 0 aromatic heterocycles. The Morgan fingerprint density at radius 3 is 2.31 bits per heavy atom. The molecule has 0 unspecified atom stereocenters. The second-order valence-corrected chi connectivity index (χ2v) is 7.69. The standard InChI is InChI=1S/C10H19O2Si/c1-10(2,3)12-9(11)13-7-5-4-6-8-13/h4,13H,5-8H2,1-3H3. The number of carbonyl (C=O) groups is 1. The van der Waals surface area contributed by atoms with Crippen LogP contribution in [0.15, 0.2) is 0 Å². The van der Waals surface area contributed by atoms with Crippen LogP contribution in [0.5, 0.6) is 0 Å². The Labute approximate surface area is 82.3 Å². The third kappa shape index (κ3) is 3.94. The number of rotatable bonds is 1. The van der Waals surface area contributed by atoms with Gasteiger partial charge in [0.15, 0.2) is 8.80 Å². The highest BCUT2D eigenvalue weighted by atomic mass is 28.3. The van der Waals surface area contributed by atoms with Crippen molar-refractivity contribution in [2.75, 3.05) is 0 Å². The van der Waals surface area contributed by atoms with Gasteiger partial charge in [-0.3, -0.25) is 4.79 Å². The molecule has 1 rings (SSSR count).